The molecule has 0 unspecified atom stereocenters. The molecule has 0 aromatic carbocycles. The topological polar surface area (TPSA) is 46.2 Å². The highest BCUT2D eigenvalue weighted by Crippen LogP contribution is 2.59. The van der Waals surface area contributed by atoms with Gasteiger partial charge in [-0.1, -0.05) is 13.8 Å². The predicted molar refractivity (Wildman–Crippen MR) is 48.5 cm³/mol. The van der Waals surface area contributed by atoms with Gasteiger partial charge in [-0.3, -0.25) is 0 Å². The molecule has 3 fully saturated rings. The van der Waals surface area contributed by atoms with Gasteiger partial charge in [-0.25, -0.2) is 0 Å². The lowest BCUT2D eigenvalue weighted by Gasteiger charge is -2.61. The third-order valence-corrected chi connectivity index (χ3v) is 4.38. The van der Waals surface area contributed by atoms with Crippen LogP contribution < -0.4 is 5.73 Å². The van der Waals surface area contributed by atoms with Crippen molar-refractivity contribution in [3.8, 4) is 0 Å². The molecule has 3 aliphatic rings. The van der Waals surface area contributed by atoms with Gasteiger partial charge in [-0.2, -0.15) is 0 Å². The van der Waals surface area contributed by atoms with Crippen molar-refractivity contribution < 1.29 is 5.11 Å². The molecule has 0 aliphatic heterocycles. The lowest BCUT2D eigenvalue weighted by Crippen LogP contribution is -2.61. The molecule has 0 aromatic rings. The van der Waals surface area contributed by atoms with E-state index in [1.165, 1.54) is 6.42 Å². The smallest absolute Gasteiger partial charge is 0.0474 e. The van der Waals surface area contributed by atoms with Crippen molar-refractivity contribution in [1.82, 2.24) is 0 Å². The van der Waals surface area contributed by atoms with Gasteiger partial charge < -0.3 is 10.8 Å². The van der Waals surface area contributed by atoms with Crippen LogP contribution in [0.3, 0.4) is 0 Å². The summed E-state index contributed by atoms with van der Waals surface area (Å²) in [5.41, 5.74) is 6.54. The van der Waals surface area contributed by atoms with E-state index in [0.29, 0.717) is 17.3 Å². The minimum atomic E-state index is 0.245. The number of hydrogen-bond acceptors (Lipinski definition) is 2. The second kappa shape index (κ2) is 2.46. The predicted octanol–water partition coefficient (Wildman–Crippen LogP) is 0.988. The Morgan fingerprint density at radius 2 is 2.08 bits per heavy atom. The van der Waals surface area contributed by atoms with E-state index in [0.717, 1.165) is 12.3 Å². The number of nitrogens with two attached hydrogens (primary N) is 1. The summed E-state index contributed by atoms with van der Waals surface area (Å²) in [6.07, 6.45) is 2.44. The minimum absolute atomic E-state index is 0.245. The van der Waals surface area contributed by atoms with E-state index in [9.17, 15) is 0 Å². The van der Waals surface area contributed by atoms with Crippen LogP contribution in [-0.2, 0) is 0 Å². The maximum atomic E-state index is 9.09. The van der Waals surface area contributed by atoms with Crippen molar-refractivity contribution in [2.75, 3.05) is 6.61 Å². The molecule has 0 saturated heterocycles. The first-order valence-electron chi connectivity index (χ1n) is 4.93. The molecule has 3 saturated carbocycles. The standard InChI is InChI=1S/C10H19NO/c1-10(2)7-3-6(5-12)9(11)8(10)4-7/h6-9,12H,3-5,11H2,1-2H3/t6-,7+,8-,9+/m1/s1. The van der Waals surface area contributed by atoms with Crippen LogP contribution in [0.1, 0.15) is 26.7 Å². The Kier molecular flexibility index (Phi) is 1.74. The van der Waals surface area contributed by atoms with Gasteiger partial charge in [0.25, 0.3) is 0 Å². The summed E-state index contributed by atoms with van der Waals surface area (Å²) < 4.78 is 0. The van der Waals surface area contributed by atoms with E-state index in [1.807, 2.05) is 0 Å². The molecule has 0 heterocycles. The normalized spacial score (nSPS) is 50.0. The summed E-state index contributed by atoms with van der Waals surface area (Å²) in [6.45, 7) is 4.92. The third kappa shape index (κ3) is 0.882. The Hall–Kier alpha value is -0.0800. The fourth-order valence-corrected chi connectivity index (χ4v) is 3.16. The van der Waals surface area contributed by atoms with Crippen LogP contribution in [0.15, 0.2) is 0 Å². The van der Waals surface area contributed by atoms with Gasteiger partial charge >= 0.3 is 0 Å². The highest BCUT2D eigenvalue weighted by atomic mass is 16.3. The van der Waals surface area contributed by atoms with Crippen molar-refractivity contribution in [3.05, 3.63) is 0 Å². The van der Waals surface area contributed by atoms with Gasteiger partial charge in [0, 0.05) is 12.6 Å². The fraction of sp³-hybridized carbons (Fsp3) is 1.00. The molecule has 3 rings (SSSR count). The largest absolute Gasteiger partial charge is 0.396 e. The Morgan fingerprint density at radius 3 is 2.50 bits per heavy atom. The minimum Gasteiger partial charge on any atom is -0.396 e. The monoisotopic (exact) mass is 169 g/mol. The first kappa shape index (κ1) is 8.52. The number of rotatable bonds is 1. The molecule has 12 heavy (non-hydrogen) atoms. The van der Waals surface area contributed by atoms with Gasteiger partial charge in [0.2, 0.25) is 0 Å². The van der Waals surface area contributed by atoms with Gasteiger partial charge in [0.05, 0.1) is 0 Å². The van der Waals surface area contributed by atoms with E-state index in [-0.39, 0.29) is 12.6 Å². The lowest BCUT2D eigenvalue weighted by molar-refractivity contribution is -0.113. The van der Waals surface area contributed by atoms with Crippen LogP contribution in [0, 0.1) is 23.2 Å². The van der Waals surface area contributed by atoms with E-state index < -0.39 is 0 Å². The Morgan fingerprint density at radius 1 is 1.42 bits per heavy atom. The average molecular weight is 169 g/mol. The van der Waals surface area contributed by atoms with Crippen LogP contribution in [0.2, 0.25) is 0 Å². The summed E-state index contributed by atoms with van der Waals surface area (Å²) >= 11 is 0. The zero-order chi connectivity index (χ0) is 8.93. The Labute approximate surface area is 74.1 Å². The zero-order valence-corrected chi connectivity index (χ0v) is 7.96. The number of hydrogen-bond donors (Lipinski definition) is 2. The molecule has 3 aliphatic carbocycles. The average Bonchev–Trinajstić information content (AvgIpc) is 2.03. The number of aliphatic hydroxyl groups excluding tert-OH is 1. The number of fused-ring (bicyclic) bond motifs is 2. The summed E-state index contributed by atoms with van der Waals surface area (Å²) in [5, 5.41) is 9.09. The van der Waals surface area contributed by atoms with Gasteiger partial charge in [-0.15, -0.1) is 0 Å². The molecule has 0 amide bonds. The van der Waals surface area contributed by atoms with E-state index in [2.05, 4.69) is 13.8 Å². The fourth-order valence-electron chi connectivity index (χ4n) is 3.16. The highest BCUT2D eigenvalue weighted by Gasteiger charge is 2.56. The molecule has 3 N–H and O–H groups in total. The Balaban J connectivity index is 2.11. The van der Waals surface area contributed by atoms with Crippen LogP contribution in [0.4, 0.5) is 0 Å². The highest BCUT2D eigenvalue weighted by molar-refractivity contribution is 5.07. The second-order valence-electron chi connectivity index (χ2n) is 5.12. The van der Waals surface area contributed by atoms with Gasteiger partial charge in [0.15, 0.2) is 0 Å². The molecular weight excluding hydrogens is 150 g/mol. The van der Waals surface area contributed by atoms with Gasteiger partial charge in [-0.05, 0) is 36.0 Å². The molecule has 2 heteroatoms. The van der Waals surface area contributed by atoms with E-state index in [4.69, 9.17) is 10.8 Å². The first-order chi connectivity index (χ1) is 5.57. The van der Waals surface area contributed by atoms with Crippen molar-refractivity contribution in [3.63, 3.8) is 0 Å². The maximum Gasteiger partial charge on any atom is 0.0474 e. The molecule has 0 radical (unpaired) electrons. The first-order valence-corrected chi connectivity index (χ1v) is 4.93. The molecule has 0 spiro atoms. The van der Waals surface area contributed by atoms with Crippen LogP contribution in [-0.4, -0.2) is 17.8 Å². The molecular formula is C10H19NO. The van der Waals surface area contributed by atoms with E-state index in [1.54, 1.807) is 0 Å². The van der Waals surface area contributed by atoms with Crippen LogP contribution in [0.5, 0.6) is 0 Å². The van der Waals surface area contributed by atoms with Crippen molar-refractivity contribution in [1.29, 1.82) is 0 Å². The summed E-state index contributed by atoms with van der Waals surface area (Å²) in [5.74, 6) is 1.86. The van der Waals surface area contributed by atoms with Gasteiger partial charge in [0.1, 0.15) is 0 Å². The summed E-state index contributed by atoms with van der Waals surface area (Å²) in [6, 6.07) is 0.245. The van der Waals surface area contributed by atoms with Crippen LogP contribution in [0.25, 0.3) is 0 Å². The molecule has 2 bridgehead atoms. The van der Waals surface area contributed by atoms with Crippen molar-refractivity contribution >= 4 is 0 Å². The summed E-state index contributed by atoms with van der Waals surface area (Å²) in [7, 11) is 0. The van der Waals surface area contributed by atoms with Crippen molar-refractivity contribution in [2.45, 2.75) is 32.7 Å². The molecule has 0 aromatic heterocycles. The molecule has 2 nitrogen and oxygen atoms in total. The quantitative estimate of drug-likeness (QED) is 0.615. The molecule has 70 valence electrons. The lowest BCUT2D eigenvalue weighted by atomic mass is 9.45. The van der Waals surface area contributed by atoms with Crippen LogP contribution >= 0.6 is 0 Å². The molecule has 4 atom stereocenters. The Bertz CT molecular complexity index is 190. The SMILES string of the molecule is CC1(C)[C@H]2C[C@H](CO)[C@H](N)[C@H]1C2. The zero-order valence-electron chi connectivity index (χ0n) is 7.96. The second-order valence-corrected chi connectivity index (χ2v) is 5.12. The van der Waals surface area contributed by atoms with Crippen molar-refractivity contribution in [2.24, 2.45) is 28.9 Å². The third-order valence-electron chi connectivity index (χ3n) is 4.38. The van der Waals surface area contributed by atoms with E-state index >= 15 is 0 Å². The maximum absolute atomic E-state index is 9.09. The summed E-state index contributed by atoms with van der Waals surface area (Å²) in [4.78, 5) is 0. The number of aliphatic hydroxyl groups is 1.